The number of rotatable bonds is 5. The molecule has 0 bridgehead atoms. The lowest BCUT2D eigenvalue weighted by Crippen LogP contribution is -2.44. The van der Waals surface area contributed by atoms with Gasteiger partial charge >= 0.3 is 0 Å². The molecule has 0 unspecified atom stereocenters. The van der Waals surface area contributed by atoms with Crippen LogP contribution in [-0.4, -0.2) is 34.7 Å². The van der Waals surface area contributed by atoms with E-state index in [-0.39, 0.29) is 24.5 Å². The van der Waals surface area contributed by atoms with Crippen molar-refractivity contribution in [3.05, 3.63) is 54.4 Å². The number of nitrogens with zero attached hydrogens (tertiary/aromatic N) is 2. The molecule has 1 aliphatic rings. The van der Waals surface area contributed by atoms with Gasteiger partial charge in [-0.3, -0.25) is 4.79 Å². The number of hydrogen-bond donors (Lipinski definition) is 1. The van der Waals surface area contributed by atoms with Gasteiger partial charge in [0.05, 0.1) is 23.9 Å². The molecule has 0 saturated carbocycles. The predicted molar refractivity (Wildman–Crippen MR) is 103 cm³/mol. The van der Waals surface area contributed by atoms with Crippen LogP contribution in [0.1, 0.15) is 19.9 Å². The number of aromatic nitrogens is 2. The van der Waals surface area contributed by atoms with Crippen molar-refractivity contribution in [2.45, 2.75) is 26.0 Å². The SMILES string of the molecule is CC(C)[C@@H](C(=O)NC[C@H]1COc2ccccc2O1)n1cnc2cc(F)c(F)cc21. The summed E-state index contributed by atoms with van der Waals surface area (Å²) in [5, 5.41) is 2.88. The van der Waals surface area contributed by atoms with Crippen LogP contribution in [0.4, 0.5) is 8.78 Å². The molecular formula is C21H21F2N3O3. The number of benzene rings is 2. The van der Waals surface area contributed by atoms with E-state index in [1.54, 1.807) is 4.57 Å². The summed E-state index contributed by atoms with van der Waals surface area (Å²) in [5.41, 5.74) is 0.659. The average Bonchev–Trinajstić information content (AvgIpc) is 3.08. The van der Waals surface area contributed by atoms with Crippen LogP contribution >= 0.6 is 0 Å². The molecule has 0 aliphatic carbocycles. The van der Waals surface area contributed by atoms with Gasteiger partial charge in [-0.05, 0) is 18.1 Å². The maximum absolute atomic E-state index is 13.7. The van der Waals surface area contributed by atoms with Crippen molar-refractivity contribution in [1.29, 1.82) is 0 Å². The second-order valence-corrected chi connectivity index (χ2v) is 7.34. The van der Waals surface area contributed by atoms with Crippen molar-refractivity contribution < 1.29 is 23.0 Å². The lowest BCUT2D eigenvalue weighted by Gasteiger charge is -2.28. The molecule has 0 saturated heterocycles. The van der Waals surface area contributed by atoms with Gasteiger partial charge in [-0.25, -0.2) is 13.8 Å². The third-order valence-corrected chi connectivity index (χ3v) is 4.89. The van der Waals surface area contributed by atoms with Gasteiger partial charge in [0.15, 0.2) is 23.1 Å². The summed E-state index contributed by atoms with van der Waals surface area (Å²) >= 11 is 0. The molecule has 3 aromatic rings. The van der Waals surface area contributed by atoms with Crippen molar-refractivity contribution in [2.24, 2.45) is 5.92 Å². The Bertz CT molecular complexity index is 1050. The summed E-state index contributed by atoms with van der Waals surface area (Å²) in [4.78, 5) is 17.1. The number of carbonyl (C=O) groups is 1. The number of hydrogen-bond acceptors (Lipinski definition) is 4. The van der Waals surface area contributed by atoms with Crippen LogP contribution in [0.15, 0.2) is 42.7 Å². The third-order valence-electron chi connectivity index (χ3n) is 4.89. The van der Waals surface area contributed by atoms with Gasteiger partial charge < -0.3 is 19.4 Å². The minimum Gasteiger partial charge on any atom is -0.486 e. The summed E-state index contributed by atoms with van der Waals surface area (Å²) in [6, 6.07) is 8.81. The first-order valence-electron chi connectivity index (χ1n) is 9.42. The molecule has 1 amide bonds. The first-order valence-corrected chi connectivity index (χ1v) is 9.42. The van der Waals surface area contributed by atoms with E-state index in [0.29, 0.717) is 29.1 Å². The van der Waals surface area contributed by atoms with Crippen LogP contribution in [0.3, 0.4) is 0 Å². The van der Waals surface area contributed by atoms with Crippen LogP contribution in [-0.2, 0) is 4.79 Å². The molecule has 0 spiro atoms. The zero-order valence-corrected chi connectivity index (χ0v) is 16.1. The average molecular weight is 401 g/mol. The highest BCUT2D eigenvalue weighted by atomic mass is 19.2. The lowest BCUT2D eigenvalue weighted by atomic mass is 10.0. The van der Waals surface area contributed by atoms with E-state index in [0.717, 1.165) is 12.1 Å². The molecule has 1 aromatic heterocycles. The number of fused-ring (bicyclic) bond motifs is 2. The Morgan fingerprint density at radius 2 is 1.97 bits per heavy atom. The summed E-state index contributed by atoms with van der Waals surface area (Å²) in [6.45, 7) is 4.34. The Morgan fingerprint density at radius 3 is 2.72 bits per heavy atom. The number of carbonyl (C=O) groups excluding carboxylic acids is 1. The van der Waals surface area contributed by atoms with Crippen LogP contribution < -0.4 is 14.8 Å². The highest BCUT2D eigenvalue weighted by Crippen LogP contribution is 2.31. The smallest absolute Gasteiger partial charge is 0.243 e. The first-order chi connectivity index (χ1) is 13.9. The summed E-state index contributed by atoms with van der Waals surface area (Å²) in [7, 11) is 0. The Labute approximate surface area is 166 Å². The molecular weight excluding hydrogens is 380 g/mol. The van der Waals surface area contributed by atoms with Crippen LogP contribution in [0, 0.1) is 17.6 Å². The fourth-order valence-corrected chi connectivity index (χ4v) is 3.48. The number of para-hydroxylation sites is 2. The van der Waals surface area contributed by atoms with E-state index < -0.39 is 17.7 Å². The zero-order valence-electron chi connectivity index (χ0n) is 16.1. The van der Waals surface area contributed by atoms with Crippen molar-refractivity contribution in [3.8, 4) is 11.5 Å². The second kappa shape index (κ2) is 7.69. The fourth-order valence-electron chi connectivity index (χ4n) is 3.48. The van der Waals surface area contributed by atoms with Gasteiger partial charge in [0.2, 0.25) is 5.91 Å². The van der Waals surface area contributed by atoms with E-state index in [9.17, 15) is 13.6 Å². The Morgan fingerprint density at radius 1 is 1.24 bits per heavy atom. The summed E-state index contributed by atoms with van der Waals surface area (Å²) in [5.74, 6) is -1.00. The molecule has 2 heterocycles. The Hall–Kier alpha value is -3.16. The number of halogens is 2. The van der Waals surface area contributed by atoms with Crippen molar-refractivity contribution in [3.63, 3.8) is 0 Å². The first kappa shape index (κ1) is 19.2. The number of imidazole rings is 1. The van der Waals surface area contributed by atoms with Crippen LogP contribution in [0.5, 0.6) is 11.5 Å². The number of nitrogens with one attached hydrogen (secondary N) is 1. The molecule has 1 N–H and O–H groups in total. The molecule has 4 rings (SSSR count). The molecule has 29 heavy (non-hydrogen) atoms. The van der Waals surface area contributed by atoms with Crippen LogP contribution in [0.25, 0.3) is 11.0 Å². The van der Waals surface area contributed by atoms with Gasteiger partial charge in [-0.2, -0.15) is 0 Å². The topological polar surface area (TPSA) is 65.4 Å². The molecule has 152 valence electrons. The van der Waals surface area contributed by atoms with Crippen molar-refractivity contribution in [1.82, 2.24) is 14.9 Å². The van der Waals surface area contributed by atoms with Gasteiger partial charge in [-0.1, -0.05) is 26.0 Å². The molecule has 2 aromatic carbocycles. The van der Waals surface area contributed by atoms with E-state index in [2.05, 4.69) is 10.3 Å². The Kier molecular flexibility index (Phi) is 5.08. The van der Waals surface area contributed by atoms with E-state index in [1.165, 1.54) is 6.33 Å². The monoisotopic (exact) mass is 401 g/mol. The lowest BCUT2D eigenvalue weighted by molar-refractivity contribution is -0.126. The maximum Gasteiger partial charge on any atom is 0.243 e. The highest BCUT2D eigenvalue weighted by molar-refractivity contribution is 5.84. The van der Waals surface area contributed by atoms with Crippen molar-refractivity contribution in [2.75, 3.05) is 13.2 Å². The minimum atomic E-state index is -0.978. The Balaban J connectivity index is 1.50. The van der Waals surface area contributed by atoms with Gasteiger partial charge in [0.1, 0.15) is 18.8 Å². The van der Waals surface area contributed by atoms with Gasteiger partial charge in [0, 0.05) is 12.1 Å². The maximum atomic E-state index is 13.7. The fraction of sp³-hybridized carbons (Fsp3) is 0.333. The van der Waals surface area contributed by atoms with Crippen LogP contribution in [0.2, 0.25) is 0 Å². The minimum absolute atomic E-state index is 0.107. The van der Waals surface area contributed by atoms with E-state index in [1.807, 2.05) is 38.1 Å². The van der Waals surface area contributed by atoms with E-state index in [4.69, 9.17) is 9.47 Å². The molecule has 2 atom stereocenters. The normalized spacial score (nSPS) is 16.8. The highest BCUT2D eigenvalue weighted by Gasteiger charge is 2.28. The number of amides is 1. The number of ether oxygens (including phenoxy) is 2. The standard InChI is InChI=1S/C21H21F2N3O3/c1-12(2)20(26-11-25-16-7-14(22)15(23)8-17(16)26)21(27)24-9-13-10-28-18-5-3-4-6-19(18)29-13/h3-8,11-13,20H,9-10H2,1-2H3,(H,24,27)/t13-,20-/m0/s1. The molecule has 0 radical (unpaired) electrons. The molecule has 8 heteroatoms. The van der Waals surface area contributed by atoms with Gasteiger partial charge in [-0.15, -0.1) is 0 Å². The predicted octanol–water partition coefficient (Wildman–Crippen LogP) is 3.47. The quantitative estimate of drug-likeness (QED) is 0.711. The zero-order chi connectivity index (χ0) is 20.5. The third kappa shape index (κ3) is 3.74. The molecule has 1 aliphatic heterocycles. The molecule has 6 nitrogen and oxygen atoms in total. The largest absolute Gasteiger partial charge is 0.486 e. The van der Waals surface area contributed by atoms with E-state index >= 15 is 0 Å². The van der Waals surface area contributed by atoms with Gasteiger partial charge in [0.25, 0.3) is 0 Å². The van der Waals surface area contributed by atoms with Crippen molar-refractivity contribution >= 4 is 16.9 Å². The summed E-state index contributed by atoms with van der Waals surface area (Å²) < 4.78 is 40.3. The second-order valence-electron chi connectivity index (χ2n) is 7.34. The summed E-state index contributed by atoms with van der Waals surface area (Å²) in [6.07, 6.45) is 1.11. The molecule has 0 fully saturated rings.